The number of hydrogen-bond acceptors (Lipinski definition) is 5. The van der Waals surface area contributed by atoms with Crippen LogP contribution < -0.4 is 9.47 Å². The van der Waals surface area contributed by atoms with Gasteiger partial charge in [0.15, 0.2) is 6.10 Å². The number of ether oxygens (including phenoxy) is 4. The maximum Gasteiger partial charge on any atom is 0.333 e. The van der Waals surface area contributed by atoms with Crippen molar-refractivity contribution >= 4 is 16.7 Å². The van der Waals surface area contributed by atoms with Gasteiger partial charge in [0.1, 0.15) is 18.1 Å². The molecule has 0 N–H and O–H groups in total. The fraction of sp³-hybridized carbons (Fsp3) is 0.683. The summed E-state index contributed by atoms with van der Waals surface area (Å²) < 4.78 is 24.0. The molecule has 5 nitrogen and oxygen atoms in total. The maximum atomic E-state index is 12.3. The van der Waals surface area contributed by atoms with Crippen molar-refractivity contribution in [2.24, 2.45) is 0 Å². The number of unbranched alkanes of at least 4 members (excludes halogenated alkanes) is 18. The molecule has 0 bridgehead atoms. The van der Waals surface area contributed by atoms with Crippen molar-refractivity contribution in [1.82, 2.24) is 0 Å². The Balaban J connectivity index is 1.65. The largest absolute Gasteiger partial charge is 0.493 e. The lowest BCUT2D eigenvalue weighted by atomic mass is 10.0. The highest BCUT2D eigenvalue weighted by atomic mass is 16.6. The molecule has 0 saturated carbocycles. The number of rotatable bonds is 30. The normalized spacial score (nSPS) is 11.9. The van der Waals surface area contributed by atoms with E-state index < -0.39 is 12.1 Å². The van der Waals surface area contributed by atoms with Crippen molar-refractivity contribution in [2.75, 3.05) is 26.4 Å². The van der Waals surface area contributed by atoms with Crippen LogP contribution in [0.4, 0.5) is 0 Å². The number of fused-ring (bicyclic) bond motifs is 1. The average Bonchev–Trinajstić information content (AvgIpc) is 3.06. The van der Waals surface area contributed by atoms with Gasteiger partial charge in [-0.3, -0.25) is 0 Å². The third kappa shape index (κ3) is 18.0. The Labute approximate surface area is 281 Å². The highest BCUT2D eigenvalue weighted by Gasteiger charge is 2.18. The minimum atomic E-state index is -0.515. The van der Waals surface area contributed by atoms with Gasteiger partial charge in [-0.1, -0.05) is 160 Å². The second-order valence-corrected chi connectivity index (χ2v) is 13.0. The quantitative estimate of drug-likeness (QED) is 0.0484. The van der Waals surface area contributed by atoms with E-state index in [4.69, 9.17) is 18.9 Å². The first kappa shape index (κ1) is 39.6. The van der Waals surface area contributed by atoms with E-state index in [1.165, 1.54) is 116 Å². The van der Waals surface area contributed by atoms with Crippen molar-refractivity contribution in [3.05, 3.63) is 48.6 Å². The van der Waals surface area contributed by atoms with Gasteiger partial charge in [-0.25, -0.2) is 4.79 Å². The zero-order valence-electron chi connectivity index (χ0n) is 29.8. The number of carbonyl (C=O) groups is 1. The van der Waals surface area contributed by atoms with Crippen LogP contribution in [0, 0.1) is 0 Å². The van der Waals surface area contributed by atoms with E-state index in [1.807, 2.05) is 30.3 Å². The van der Waals surface area contributed by atoms with Crippen molar-refractivity contribution in [3.63, 3.8) is 0 Å². The Hall–Kier alpha value is -2.53. The smallest absolute Gasteiger partial charge is 0.333 e. The zero-order chi connectivity index (χ0) is 33.1. The summed E-state index contributed by atoms with van der Waals surface area (Å²) in [6.45, 7) is 11.8. The van der Waals surface area contributed by atoms with Crippen molar-refractivity contribution in [1.29, 1.82) is 0 Å². The summed E-state index contributed by atoms with van der Waals surface area (Å²) in [4.78, 5) is 12.3. The number of esters is 1. The van der Waals surface area contributed by atoms with Gasteiger partial charge in [-0.05, 0) is 31.9 Å². The molecule has 0 aromatic heterocycles. The van der Waals surface area contributed by atoms with Gasteiger partial charge in [0.2, 0.25) is 0 Å². The molecule has 1 atom stereocenters. The summed E-state index contributed by atoms with van der Waals surface area (Å²) in [5, 5.41) is 2.00. The minimum Gasteiger partial charge on any atom is -0.493 e. The number of carbonyl (C=O) groups excluding carboxylic acids is 1. The highest BCUT2D eigenvalue weighted by Crippen LogP contribution is 2.33. The Morgan fingerprint density at radius 2 is 1.02 bits per heavy atom. The molecule has 0 radical (unpaired) electrons. The van der Waals surface area contributed by atoms with E-state index in [-0.39, 0.29) is 6.61 Å². The molecule has 5 heteroatoms. The van der Waals surface area contributed by atoms with E-state index in [0.29, 0.717) is 25.4 Å². The molecule has 0 spiro atoms. The van der Waals surface area contributed by atoms with Crippen LogP contribution in [0.3, 0.4) is 0 Å². The second-order valence-electron chi connectivity index (χ2n) is 13.0. The Morgan fingerprint density at radius 3 is 1.52 bits per heavy atom. The Bertz CT molecular complexity index is 1060. The van der Waals surface area contributed by atoms with Crippen molar-refractivity contribution in [3.8, 4) is 11.5 Å². The number of benzene rings is 2. The van der Waals surface area contributed by atoms with Crippen LogP contribution in [0.2, 0.25) is 0 Å². The van der Waals surface area contributed by atoms with Crippen molar-refractivity contribution < 1.29 is 23.7 Å². The number of hydrogen-bond donors (Lipinski definition) is 0. The maximum absolute atomic E-state index is 12.3. The Kier molecular flexibility index (Phi) is 22.9. The van der Waals surface area contributed by atoms with Crippen LogP contribution in [0.15, 0.2) is 48.6 Å². The highest BCUT2D eigenvalue weighted by molar-refractivity contribution is 5.93. The molecule has 0 amide bonds. The topological polar surface area (TPSA) is 54.0 Å². The van der Waals surface area contributed by atoms with Gasteiger partial charge in [-0.2, -0.15) is 0 Å². The molecule has 1 unspecified atom stereocenters. The zero-order valence-corrected chi connectivity index (χ0v) is 29.8. The lowest BCUT2D eigenvalue weighted by Gasteiger charge is -2.20. The van der Waals surface area contributed by atoms with Crippen LogP contribution in [0.1, 0.15) is 149 Å². The standard InChI is InChI=1S/C41H66O5/c1-5-7-9-11-12-13-14-15-16-17-18-19-20-21-22-25-31-43-33-36(46-41(42)35(3)4)34-45-40-30-29-39(44-32-26-10-8-6-2)37-27-23-24-28-38(37)40/h23-24,27-30,36H,3,5-22,25-26,31-34H2,1-2,4H3. The summed E-state index contributed by atoms with van der Waals surface area (Å²) in [6, 6.07) is 12.0. The summed E-state index contributed by atoms with van der Waals surface area (Å²) >= 11 is 0. The average molecular weight is 639 g/mol. The molecule has 0 heterocycles. The molecule has 0 aliphatic heterocycles. The fourth-order valence-corrected chi connectivity index (χ4v) is 5.72. The van der Waals surface area contributed by atoms with E-state index in [1.54, 1.807) is 6.92 Å². The first-order chi connectivity index (χ1) is 22.6. The van der Waals surface area contributed by atoms with Gasteiger partial charge >= 0.3 is 5.97 Å². The molecule has 2 rings (SSSR count). The van der Waals surface area contributed by atoms with E-state index in [9.17, 15) is 4.79 Å². The van der Waals surface area contributed by atoms with E-state index in [2.05, 4.69) is 26.5 Å². The molecule has 260 valence electrons. The SMILES string of the molecule is C=C(C)C(=O)OC(COCCCCCCCCCCCCCCCCCC)COc1ccc(OCCCCCC)c2ccccc12. The van der Waals surface area contributed by atoms with Crippen LogP contribution in [0.25, 0.3) is 10.8 Å². The molecule has 2 aromatic carbocycles. The summed E-state index contributed by atoms with van der Waals surface area (Å²) in [6.07, 6.45) is 25.7. The third-order valence-electron chi connectivity index (χ3n) is 8.59. The van der Waals surface area contributed by atoms with Crippen molar-refractivity contribution in [2.45, 2.75) is 155 Å². The van der Waals surface area contributed by atoms with Gasteiger partial charge < -0.3 is 18.9 Å². The molecular formula is C41H66O5. The monoisotopic (exact) mass is 638 g/mol. The van der Waals surface area contributed by atoms with Gasteiger partial charge in [0, 0.05) is 23.0 Å². The summed E-state index contributed by atoms with van der Waals surface area (Å²) in [7, 11) is 0. The van der Waals surface area contributed by atoms with Crippen LogP contribution >= 0.6 is 0 Å². The first-order valence-corrected chi connectivity index (χ1v) is 18.8. The minimum absolute atomic E-state index is 0.208. The third-order valence-corrected chi connectivity index (χ3v) is 8.59. The molecule has 0 saturated heterocycles. The van der Waals surface area contributed by atoms with Crippen LogP contribution in [-0.2, 0) is 14.3 Å². The predicted molar refractivity (Wildman–Crippen MR) is 194 cm³/mol. The molecule has 0 aliphatic carbocycles. The summed E-state index contributed by atoms with van der Waals surface area (Å²) in [5.41, 5.74) is 0.369. The summed E-state index contributed by atoms with van der Waals surface area (Å²) in [5.74, 6) is 1.19. The van der Waals surface area contributed by atoms with E-state index >= 15 is 0 Å². The first-order valence-electron chi connectivity index (χ1n) is 18.8. The van der Waals surface area contributed by atoms with Crippen LogP contribution in [0.5, 0.6) is 11.5 Å². The molecule has 0 fully saturated rings. The van der Waals surface area contributed by atoms with E-state index in [0.717, 1.165) is 35.1 Å². The molecule has 0 aliphatic rings. The lowest BCUT2D eigenvalue weighted by Crippen LogP contribution is -2.30. The molecule has 46 heavy (non-hydrogen) atoms. The van der Waals surface area contributed by atoms with Gasteiger partial charge in [0.25, 0.3) is 0 Å². The molecular weight excluding hydrogens is 572 g/mol. The van der Waals surface area contributed by atoms with Gasteiger partial charge in [-0.15, -0.1) is 0 Å². The fourth-order valence-electron chi connectivity index (χ4n) is 5.72. The predicted octanol–water partition coefficient (Wildman–Crippen LogP) is 11.9. The molecule has 2 aromatic rings. The second kappa shape index (κ2) is 26.5. The Morgan fingerprint density at radius 1 is 0.587 bits per heavy atom. The van der Waals surface area contributed by atoms with Gasteiger partial charge in [0.05, 0.1) is 13.2 Å². The lowest BCUT2D eigenvalue weighted by molar-refractivity contribution is -0.149. The van der Waals surface area contributed by atoms with Crippen LogP contribution in [-0.4, -0.2) is 38.5 Å².